The molecule has 1 aliphatic rings. The number of likely N-dealkylation sites (tertiary alicyclic amines) is 1. The molecular formula is C23H24Cl2FN5O4. The molecular weight excluding hydrogens is 500 g/mol. The number of ether oxygens (including phenoxy) is 2. The van der Waals surface area contributed by atoms with Crippen molar-refractivity contribution in [3.05, 3.63) is 52.3 Å². The minimum absolute atomic E-state index is 0.00451. The lowest BCUT2D eigenvalue weighted by atomic mass is 10.1. The van der Waals surface area contributed by atoms with Gasteiger partial charge in [0.05, 0.1) is 41.9 Å². The van der Waals surface area contributed by atoms with Crippen LogP contribution in [0.15, 0.2) is 31.1 Å². The maximum atomic E-state index is 15.2. The Morgan fingerprint density at radius 2 is 1.71 bits per heavy atom. The number of nitrogens with zero attached hydrogens (tertiary/aromatic N) is 3. The van der Waals surface area contributed by atoms with E-state index in [1.807, 2.05) is 0 Å². The number of methoxy groups -OCH3 is 2. The summed E-state index contributed by atoms with van der Waals surface area (Å²) < 4.78 is 25.5. The lowest BCUT2D eigenvalue weighted by Gasteiger charge is -2.20. The van der Waals surface area contributed by atoms with Crippen molar-refractivity contribution in [1.82, 2.24) is 20.2 Å². The van der Waals surface area contributed by atoms with E-state index in [1.54, 1.807) is 4.90 Å². The van der Waals surface area contributed by atoms with Crippen molar-refractivity contribution >= 4 is 52.9 Å². The van der Waals surface area contributed by atoms with Crippen LogP contribution in [0.5, 0.6) is 11.5 Å². The number of rotatable bonds is 8. The van der Waals surface area contributed by atoms with Crippen LogP contribution in [0.2, 0.25) is 10.0 Å². The summed E-state index contributed by atoms with van der Waals surface area (Å²) in [6.45, 7) is 5.59. The zero-order chi connectivity index (χ0) is 25.7. The van der Waals surface area contributed by atoms with Crippen LogP contribution in [0.1, 0.15) is 18.1 Å². The monoisotopic (exact) mass is 523 g/mol. The molecule has 0 spiro atoms. The number of aromatic nitrogens is 2. The fraction of sp³-hybridized carbons (Fsp3) is 0.304. The van der Waals surface area contributed by atoms with Crippen LogP contribution in [-0.4, -0.2) is 66.1 Å². The van der Waals surface area contributed by atoms with Gasteiger partial charge in [0.15, 0.2) is 0 Å². The van der Waals surface area contributed by atoms with E-state index in [1.165, 1.54) is 45.7 Å². The van der Waals surface area contributed by atoms with Gasteiger partial charge in [-0.25, -0.2) is 14.4 Å². The highest BCUT2D eigenvalue weighted by Crippen LogP contribution is 2.44. The molecule has 0 aliphatic carbocycles. The third-order valence-corrected chi connectivity index (χ3v) is 6.12. The molecule has 2 atom stereocenters. The molecule has 2 aromatic rings. The molecule has 0 radical (unpaired) electrons. The van der Waals surface area contributed by atoms with Gasteiger partial charge < -0.3 is 25.0 Å². The van der Waals surface area contributed by atoms with Gasteiger partial charge in [-0.2, -0.15) is 0 Å². The third-order valence-electron chi connectivity index (χ3n) is 5.37. The first-order valence-electron chi connectivity index (χ1n) is 10.4. The van der Waals surface area contributed by atoms with Crippen molar-refractivity contribution in [2.45, 2.75) is 19.0 Å². The predicted octanol–water partition coefficient (Wildman–Crippen LogP) is 3.58. The molecule has 2 N–H and O–H groups in total. The number of hydrogen-bond acceptors (Lipinski definition) is 7. The van der Waals surface area contributed by atoms with Gasteiger partial charge >= 0.3 is 0 Å². The summed E-state index contributed by atoms with van der Waals surface area (Å²) in [7, 11) is 2.79. The standard InChI is InChI=1S/C23H24Cl2FN5O4/c1-5-19(33)29-15-10-31(12(2)32)11-16(15)30-23-27-8-13(9-28-23)6-14(26)20-21(24)17(34-3)7-18(35-4)22(20)25/h5-9,15-16H,1,10-11H2,2-4H3,(H,29,33)(H,27,28,30)/b14-6-. The average molecular weight is 524 g/mol. The Morgan fingerprint density at radius 3 is 2.23 bits per heavy atom. The summed E-state index contributed by atoms with van der Waals surface area (Å²) in [4.78, 5) is 33.6. The molecule has 1 aliphatic heterocycles. The van der Waals surface area contributed by atoms with E-state index in [0.29, 0.717) is 18.7 Å². The summed E-state index contributed by atoms with van der Waals surface area (Å²) in [5.74, 6) is -0.546. The fourth-order valence-corrected chi connectivity index (χ4v) is 4.24. The molecule has 1 fully saturated rings. The van der Waals surface area contributed by atoms with Crippen molar-refractivity contribution in [2.75, 3.05) is 32.6 Å². The van der Waals surface area contributed by atoms with Crippen LogP contribution in [0.4, 0.5) is 10.3 Å². The number of carbonyl (C=O) groups excluding carboxylic acids is 2. The van der Waals surface area contributed by atoms with E-state index in [9.17, 15) is 9.59 Å². The number of hydrogen-bond donors (Lipinski definition) is 2. The number of anilines is 1. The van der Waals surface area contributed by atoms with Gasteiger partial charge in [0.1, 0.15) is 17.3 Å². The second-order valence-corrected chi connectivity index (χ2v) is 8.37. The van der Waals surface area contributed by atoms with Crippen LogP contribution >= 0.6 is 23.2 Å². The zero-order valence-electron chi connectivity index (χ0n) is 19.3. The van der Waals surface area contributed by atoms with E-state index in [0.717, 1.165) is 6.08 Å². The lowest BCUT2D eigenvalue weighted by Crippen LogP contribution is -2.45. The van der Waals surface area contributed by atoms with Crippen LogP contribution < -0.4 is 20.1 Å². The van der Waals surface area contributed by atoms with Gasteiger partial charge in [0.2, 0.25) is 17.8 Å². The van der Waals surface area contributed by atoms with Gasteiger partial charge in [0, 0.05) is 44.0 Å². The average Bonchev–Trinajstić information content (AvgIpc) is 3.23. The van der Waals surface area contributed by atoms with Crippen LogP contribution in [0, 0.1) is 0 Å². The Balaban J connectivity index is 1.81. The van der Waals surface area contributed by atoms with Crippen LogP contribution in [0.25, 0.3) is 11.9 Å². The maximum Gasteiger partial charge on any atom is 0.243 e. The first-order chi connectivity index (χ1) is 16.7. The molecule has 186 valence electrons. The Morgan fingerprint density at radius 1 is 1.14 bits per heavy atom. The second-order valence-electron chi connectivity index (χ2n) is 7.61. The maximum absolute atomic E-state index is 15.2. The Bertz CT molecular complexity index is 1130. The molecule has 1 aromatic heterocycles. The second kappa shape index (κ2) is 11.4. The number of nitrogens with one attached hydrogen (secondary N) is 2. The smallest absolute Gasteiger partial charge is 0.243 e. The normalized spacial score (nSPS) is 17.7. The van der Waals surface area contributed by atoms with Crippen molar-refractivity contribution < 1.29 is 23.5 Å². The molecule has 1 aromatic carbocycles. The van der Waals surface area contributed by atoms with E-state index in [-0.39, 0.29) is 57.0 Å². The van der Waals surface area contributed by atoms with Gasteiger partial charge in [-0.3, -0.25) is 9.59 Å². The molecule has 2 amide bonds. The lowest BCUT2D eigenvalue weighted by molar-refractivity contribution is -0.128. The van der Waals surface area contributed by atoms with Crippen LogP contribution in [0.3, 0.4) is 0 Å². The summed E-state index contributed by atoms with van der Waals surface area (Å²) >= 11 is 12.5. The molecule has 2 unspecified atom stereocenters. The summed E-state index contributed by atoms with van der Waals surface area (Å²) in [5, 5.41) is 5.90. The largest absolute Gasteiger partial charge is 0.495 e. The molecule has 3 rings (SSSR count). The molecule has 35 heavy (non-hydrogen) atoms. The topological polar surface area (TPSA) is 106 Å². The van der Waals surface area contributed by atoms with Gasteiger partial charge in [-0.1, -0.05) is 29.8 Å². The number of carbonyl (C=O) groups is 2. The van der Waals surface area contributed by atoms with E-state index >= 15 is 4.39 Å². The number of benzene rings is 1. The van der Waals surface area contributed by atoms with Gasteiger partial charge in [-0.15, -0.1) is 0 Å². The number of halogens is 3. The number of amides is 2. The van der Waals surface area contributed by atoms with Crippen molar-refractivity contribution in [3.8, 4) is 11.5 Å². The first-order valence-corrected chi connectivity index (χ1v) is 11.2. The molecule has 9 nitrogen and oxygen atoms in total. The SMILES string of the molecule is C=CC(=O)NC1CN(C(C)=O)CC1Nc1ncc(/C=C(\F)c2c(Cl)c(OC)cc(OC)c2Cl)cn1. The minimum Gasteiger partial charge on any atom is -0.495 e. The third kappa shape index (κ3) is 6.01. The van der Waals surface area contributed by atoms with E-state index in [2.05, 4.69) is 27.2 Å². The molecule has 0 bridgehead atoms. The quantitative estimate of drug-likeness (QED) is 0.509. The highest BCUT2D eigenvalue weighted by Gasteiger charge is 2.35. The summed E-state index contributed by atoms with van der Waals surface area (Å²) in [6.07, 6.45) is 5.15. The van der Waals surface area contributed by atoms with Gasteiger partial charge in [-0.05, 0) is 12.2 Å². The predicted molar refractivity (Wildman–Crippen MR) is 132 cm³/mol. The molecule has 2 heterocycles. The van der Waals surface area contributed by atoms with E-state index < -0.39 is 5.83 Å². The first kappa shape index (κ1) is 26.2. The summed E-state index contributed by atoms with van der Waals surface area (Å²) in [6, 6.07) is 0.770. The van der Waals surface area contributed by atoms with Gasteiger partial charge in [0.25, 0.3) is 0 Å². The molecule has 12 heteroatoms. The zero-order valence-corrected chi connectivity index (χ0v) is 20.8. The molecule has 0 saturated carbocycles. The molecule has 1 saturated heterocycles. The fourth-order valence-electron chi connectivity index (χ4n) is 3.56. The Hall–Kier alpha value is -3.37. The minimum atomic E-state index is -0.735. The Kier molecular flexibility index (Phi) is 8.52. The van der Waals surface area contributed by atoms with E-state index in [4.69, 9.17) is 32.7 Å². The highest BCUT2D eigenvalue weighted by molar-refractivity contribution is 6.39. The van der Waals surface area contributed by atoms with Crippen molar-refractivity contribution in [3.63, 3.8) is 0 Å². The summed E-state index contributed by atoms with van der Waals surface area (Å²) in [5.41, 5.74) is 0.262. The highest BCUT2D eigenvalue weighted by atomic mass is 35.5. The Labute approximate surface area is 211 Å². The van der Waals surface area contributed by atoms with Crippen molar-refractivity contribution in [1.29, 1.82) is 0 Å². The van der Waals surface area contributed by atoms with Crippen LogP contribution in [-0.2, 0) is 9.59 Å². The van der Waals surface area contributed by atoms with Crippen molar-refractivity contribution in [2.24, 2.45) is 0 Å².